The van der Waals surface area contributed by atoms with Crippen LogP contribution in [-0.2, 0) is 5.67 Å². The summed E-state index contributed by atoms with van der Waals surface area (Å²) in [6.07, 6.45) is 15.1. The molecule has 0 aliphatic heterocycles. The Morgan fingerprint density at radius 1 is 1.05 bits per heavy atom. The largest absolute Gasteiger partial charge is 0.233 e. The Hall–Kier alpha value is -0.940. The fourth-order valence-corrected chi connectivity index (χ4v) is 5.91. The summed E-state index contributed by atoms with van der Waals surface area (Å²) in [4.78, 5) is 0. The number of rotatable bonds is 8. The van der Waals surface area contributed by atoms with Crippen molar-refractivity contribution in [1.82, 2.24) is 0 Å². The lowest BCUT2D eigenvalue weighted by molar-refractivity contribution is 0.240. The molecule has 0 N–H and O–H groups in total. The molecule has 0 heterocycles. The Balaban J connectivity index is 2.15. The summed E-state index contributed by atoms with van der Waals surface area (Å²) in [6.45, 7) is 4.46. The minimum atomic E-state index is -1.33. The quantitative estimate of drug-likeness (QED) is 0.383. The molecule has 0 saturated heterocycles. The van der Waals surface area contributed by atoms with Crippen LogP contribution >= 0.6 is 7.92 Å². The number of hydrogen-bond acceptors (Lipinski definition) is 0. The maximum atomic E-state index is 15.9. The number of unbranched alkanes of at least 4 members (excludes halogenated alkanes) is 3. The van der Waals surface area contributed by atoms with Crippen molar-refractivity contribution in [2.45, 2.75) is 50.9 Å². The van der Waals surface area contributed by atoms with Gasteiger partial charge >= 0.3 is 0 Å². The van der Waals surface area contributed by atoms with Crippen LogP contribution in [0.1, 0.15) is 45.1 Å². The SMILES string of the molecule is CCCCCCP(CC)C1C=CC=CC1(F)c1ccccc1. The number of alkyl halides is 1. The second-order valence-electron chi connectivity index (χ2n) is 6.01. The highest BCUT2D eigenvalue weighted by Gasteiger charge is 2.41. The first kappa shape index (κ1) is 17.4. The van der Waals surface area contributed by atoms with Gasteiger partial charge < -0.3 is 0 Å². The van der Waals surface area contributed by atoms with Crippen LogP contribution in [0.4, 0.5) is 4.39 Å². The lowest BCUT2D eigenvalue weighted by atomic mass is 9.89. The molecular weight excluding hydrogens is 290 g/mol. The molecule has 1 aliphatic rings. The lowest BCUT2D eigenvalue weighted by Crippen LogP contribution is -2.33. The van der Waals surface area contributed by atoms with Crippen LogP contribution in [0.25, 0.3) is 0 Å². The Morgan fingerprint density at radius 2 is 1.82 bits per heavy atom. The third-order valence-electron chi connectivity index (χ3n) is 4.49. The number of hydrogen-bond donors (Lipinski definition) is 0. The van der Waals surface area contributed by atoms with E-state index in [0.717, 1.165) is 11.7 Å². The molecule has 120 valence electrons. The molecule has 0 fully saturated rings. The van der Waals surface area contributed by atoms with Crippen molar-refractivity contribution in [3.8, 4) is 0 Å². The molecule has 1 aliphatic carbocycles. The highest BCUT2D eigenvalue weighted by molar-refractivity contribution is 7.58. The third-order valence-corrected chi connectivity index (χ3v) is 7.53. The molecule has 1 aromatic rings. The van der Waals surface area contributed by atoms with E-state index in [1.807, 2.05) is 42.5 Å². The van der Waals surface area contributed by atoms with Gasteiger partial charge in [0.25, 0.3) is 0 Å². The molecule has 22 heavy (non-hydrogen) atoms. The van der Waals surface area contributed by atoms with E-state index in [-0.39, 0.29) is 13.6 Å². The van der Waals surface area contributed by atoms with E-state index < -0.39 is 5.67 Å². The van der Waals surface area contributed by atoms with Crippen molar-refractivity contribution in [3.63, 3.8) is 0 Å². The van der Waals surface area contributed by atoms with Gasteiger partial charge in [0.05, 0.1) is 0 Å². The zero-order valence-corrected chi connectivity index (χ0v) is 14.7. The first-order valence-corrected chi connectivity index (χ1v) is 10.3. The van der Waals surface area contributed by atoms with Gasteiger partial charge in [0.1, 0.15) is 0 Å². The third kappa shape index (κ3) is 4.07. The van der Waals surface area contributed by atoms with E-state index in [2.05, 4.69) is 19.9 Å². The van der Waals surface area contributed by atoms with Gasteiger partial charge in [-0.2, -0.15) is 0 Å². The normalized spacial score (nSPS) is 25.3. The molecule has 3 unspecified atom stereocenters. The lowest BCUT2D eigenvalue weighted by Gasteiger charge is -2.37. The summed E-state index contributed by atoms with van der Waals surface area (Å²) in [5.74, 6) is 0. The van der Waals surface area contributed by atoms with Gasteiger partial charge in [-0.1, -0.05) is 89.6 Å². The van der Waals surface area contributed by atoms with Gasteiger partial charge in [0.15, 0.2) is 5.67 Å². The molecule has 0 saturated carbocycles. The smallest absolute Gasteiger partial charge is 0.164 e. The molecule has 0 amide bonds. The summed E-state index contributed by atoms with van der Waals surface area (Å²) in [5.41, 5.74) is -0.515. The Labute approximate surface area is 136 Å². The molecule has 3 atom stereocenters. The van der Waals surface area contributed by atoms with Crippen LogP contribution in [0.2, 0.25) is 0 Å². The van der Waals surface area contributed by atoms with Gasteiger partial charge in [-0.25, -0.2) is 4.39 Å². The minimum absolute atomic E-state index is 0.0153. The van der Waals surface area contributed by atoms with Gasteiger partial charge in [0, 0.05) is 5.66 Å². The zero-order chi connectivity index (χ0) is 15.8. The Kier molecular flexibility index (Phi) is 6.83. The van der Waals surface area contributed by atoms with Crippen molar-refractivity contribution < 1.29 is 4.39 Å². The summed E-state index contributed by atoms with van der Waals surface area (Å²) in [7, 11) is -0.318. The minimum Gasteiger partial charge on any atom is -0.233 e. The molecule has 2 heteroatoms. The molecule has 1 aromatic carbocycles. The van der Waals surface area contributed by atoms with Gasteiger partial charge in [-0.05, 0) is 30.4 Å². The van der Waals surface area contributed by atoms with Crippen LogP contribution in [0.3, 0.4) is 0 Å². The molecule has 0 aromatic heterocycles. The first-order valence-electron chi connectivity index (χ1n) is 8.57. The van der Waals surface area contributed by atoms with Gasteiger partial charge in [-0.15, -0.1) is 0 Å². The van der Waals surface area contributed by atoms with E-state index in [0.29, 0.717) is 0 Å². The van der Waals surface area contributed by atoms with Crippen molar-refractivity contribution in [2.75, 3.05) is 12.3 Å². The van der Waals surface area contributed by atoms with Crippen LogP contribution in [0.5, 0.6) is 0 Å². The molecule has 0 bridgehead atoms. The van der Waals surface area contributed by atoms with Crippen molar-refractivity contribution in [2.24, 2.45) is 0 Å². The first-order chi connectivity index (χ1) is 10.7. The Morgan fingerprint density at radius 3 is 2.50 bits per heavy atom. The average Bonchev–Trinajstić information content (AvgIpc) is 2.57. The second kappa shape index (κ2) is 8.63. The summed E-state index contributed by atoms with van der Waals surface area (Å²) in [6, 6.07) is 9.69. The van der Waals surface area contributed by atoms with E-state index in [1.54, 1.807) is 6.08 Å². The summed E-state index contributed by atoms with van der Waals surface area (Å²) < 4.78 is 15.9. The Bertz CT molecular complexity index is 494. The highest BCUT2D eigenvalue weighted by Crippen LogP contribution is 2.53. The molecule has 0 radical (unpaired) electrons. The molecule has 0 spiro atoms. The number of allylic oxidation sites excluding steroid dienone is 4. The maximum Gasteiger partial charge on any atom is 0.164 e. The van der Waals surface area contributed by atoms with Crippen LogP contribution in [0.15, 0.2) is 54.6 Å². The predicted octanol–water partition coefficient (Wildman–Crippen LogP) is 6.43. The van der Waals surface area contributed by atoms with Crippen molar-refractivity contribution in [3.05, 3.63) is 60.2 Å². The maximum absolute atomic E-state index is 15.9. The van der Waals surface area contributed by atoms with E-state index in [4.69, 9.17) is 0 Å². The zero-order valence-electron chi connectivity index (χ0n) is 13.8. The molecular formula is C20H28FP. The van der Waals surface area contributed by atoms with Crippen molar-refractivity contribution >= 4 is 7.92 Å². The van der Waals surface area contributed by atoms with Gasteiger partial charge in [0.2, 0.25) is 0 Å². The molecule has 2 rings (SSSR count). The fourth-order valence-electron chi connectivity index (χ4n) is 3.19. The topological polar surface area (TPSA) is 0 Å². The average molecular weight is 318 g/mol. The highest BCUT2D eigenvalue weighted by atomic mass is 31.1. The number of halogens is 1. The standard InChI is InChI=1S/C20H28FP/c1-3-5-6-12-17-22(4-2)19-15-10-11-16-20(19,21)18-13-8-7-9-14-18/h7-11,13-16,19H,3-6,12,17H2,1-2H3. The summed E-state index contributed by atoms with van der Waals surface area (Å²) in [5, 5.41) is 0. The fraction of sp³-hybridized carbons (Fsp3) is 0.500. The molecule has 0 nitrogen and oxygen atoms in total. The van der Waals surface area contributed by atoms with E-state index >= 15 is 4.39 Å². The second-order valence-corrected chi connectivity index (χ2v) is 8.83. The van der Waals surface area contributed by atoms with Crippen molar-refractivity contribution in [1.29, 1.82) is 0 Å². The van der Waals surface area contributed by atoms with Gasteiger partial charge in [-0.3, -0.25) is 0 Å². The van der Waals surface area contributed by atoms with Crippen LogP contribution < -0.4 is 0 Å². The van der Waals surface area contributed by atoms with Crippen LogP contribution in [-0.4, -0.2) is 18.0 Å². The monoisotopic (exact) mass is 318 g/mol. The summed E-state index contributed by atoms with van der Waals surface area (Å²) >= 11 is 0. The predicted molar refractivity (Wildman–Crippen MR) is 97.8 cm³/mol. The van der Waals surface area contributed by atoms with E-state index in [9.17, 15) is 0 Å². The van der Waals surface area contributed by atoms with Crippen LogP contribution in [0, 0.1) is 0 Å². The van der Waals surface area contributed by atoms with E-state index in [1.165, 1.54) is 31.8 Å². The number of benzene rings is 1.